The van der Waals surface area contributed by atoms with Crippen molar-refractivity contribution in [3.8, 4) is 5.75 Å². The molecule has 0 spiro atoms. The molecule has 0 aliphatic carbocycles. The van der Waals surface area contributed by atoms with Crippen LogP contribution in [0.2, 0.25) is 0 Å². The Bertz CT molecular complexity index is 723. The Labute approximate surface area is 140 Å². The van der Waals surface area contributed by atoms with Crippen LogP contribution in [0.1, 0.15) is 32.4 Å². The Morgan fingerprint density at radius 1 is 1.12 bits per heavy atom. The van der Waals surface area contributed by atoms with Gasteiger partial charge in [0.25, 0.3) is 0 Å². The first kappa shape index (κ1) is 18.0. The number of aliphatic hydroxyl groups is 2. The zero-order valence-electron chi connectivity index (χ0n) is 14.0. The van der Waals surface area contributed by atoms with Gasteiger partial charge in [-0.25, -0.2) is 4.79 Å². The molecule has 24 heavy (non-hydrogen) atoms. The molecule has 0 saturated carbocycles. The van der Waals surface area contributed by atoms with Crippen LogP contribution in [0, 0.1) is 0 Å². The normalized spacial score (nSPS) is 14.2. The van der Waals surface area contributed by atoms with Crippen LogP contribution >= 0.6 is 0 Å². The standard InChI is InChI=1S/C18H23NO5/c1-18(2,3)24-17(23)19-10-15(21)16(22)12-5-4-11-6-7-14(20)9-13(11)8-12/h4-9,15-16,20-22H,10H2,1-3H3,(H,19,23). The third kappa shape index (κ3) is 4.84. The highest BCUT2D eigenvalue weighted by Gasteiger charge is 2.21. The fourth-order valence-electron chi connectivity index (χ4n) is 2.27. The van der Waals surface area contributed by atoms with E-state index >= 15 is 0 Å². The average Bonchev–Trinajstić information content (AvgIpc) is 2.49. The van der Waals surface area contributed by atoms with Crippen molar-refractivity contribution in [3.63, 3.8) is 0 Å². The number of benzene rings is 2. The van der Waals surface area contributed by atoms with Gasteiger partial charge >= 0.3 is 6.09 Å². The van der Waals surface area contributed by atoms with Gasteiger partial charge in [0.1, 0.15) is 23.6 Å². The summed E-state index contributed by atoms with van der Waals surface area (Å²) in [5.41, 5.74) is -0.139. The van der Waals surface area contributed by atoms with Gasteiger partial charge < -0.3 is 25.4 Å². The van der Waals surface area contributed by atoms with E-state index in [1.54, 1.807) is 57.2 Å². The summed E-state index contributed by atoms with van der Waals surface area (Å²) in [7, 11) is 0. The van der Waals surface area contributed by atoms with E-state index in [2.05, 4.69) is 5.32 Å². The predicted octanol–water partition coefficient (Wildman–Crippen LogP) is 2.46. The maximum absolute atomic E-state index is 11.6. The Morgan fingerprint density at radius 2 is 1.79 bits per heavy atom. The first-order valence-corrected chi connectivity index (χ1v) is 7.71. The molecule has 130 valence electrons. The SMILES string of the molecule is CC(C)(C)OC(=O)NCC(O)C(O)c1ccc2ccc(O)cc2c1. The molecule has 2 aromatic rings. The van der Waals surface area contributed by atoms with Gasteiger partial charge in [-0.3, -0.25) is 0 Å². The lowest BCUT2D eigenvalue weighted by Gasteiger charge is -2.22. The summed E-state index contributed by atoms with van der Waals surface area (Å²) in [6.45, 7) is 5.07. The van der Waals surface area contributed by atoms with Crippen LogP contribution in [-0.2, 0) is 4.74 Å². The summed E-state index contributed by atoms with van der Waals surface area (Å²) >= 11 is 0. The van der Waals surface area contributed by atoms with Crippen LogP contribution in [0.5, 0.6) is 5.75 Å². The molecule has 6 nitrogen and oxygen atoms in total. The molecule has 6 heteroatoms. The molecule has 1 amide bonds. The highest BCUT2D eigenvalue weighted by Crippen LogP contribution is 2.25. The molecular formula is C18H23NO5. The first-order chi connectivity index (χ1) is 11.2. The smallest absolute Gasteiger partial charge is 0.407 e. The molecule has 0 radical (unpaired) electrons. The Kier molecular flexibility index (Phi) is 5.31. The van der Waals surface area contributed by atoms with Crippen LogP contribution in [0.15, 0.2) is 36.4 Å². The Morgan fingerprint density at radius 3 is 2.46 bits per heavy atom. The lowest BCUT2D eigenvalue weighted by Crippen LogP contribution is -2.38. The van der Waals surface area contributed by atoms with Crippen LogP contribution in [0.3, 0.4) is 0 Å². The molecule has 0 aliphatic rings. The van der Waals surface area contributed by atoms with E-state index in [-0.39, 0.29) is 12.3 Å². The van der Waals surface area contributed by atoms with Gasteiger partial charge in [-0.2, -0.15) is 0 Å². The summed E-state index contributed by atoms with van der Waals surface area (Å²) < 4.78 is 5.07. The molecule has 2 aromatic carbocycles. The van der Waals surface area contributed by atoms with E-state index in [1.807, 2.05) is 0 Å². The van der Waals surface area contributed by atoms with Gasteiger partial charge in [0, 0.05) is 6.54 Å². The summed E-state index contributed by atoms with van der Waals surface area (Å²) in [4.78, 5) is 11.6. The lowest BCUT2D eigenvalue weighted by molar-refractivity contribution is 0.0130. The third-order valence-corrected chi connectivity index (χ3v) is 3.41. The minimum Gasteiger partial charge on any atom is -0.508 e. The van der Waals surface area contributed by atoms with Crippen molar-refractivity contribution < 1.29 is 24.9 Å². The number of phenols is 1. The van der Waals surface area contributed by atoms with Crippen LogP contribution in [0.4, 0.5) is 4.79 Å². The van der Waals surface area contributed by atoms with E-state index < -0.39 is 23.9 Å². The largest absolute Gasteiger partial charge is 0.508 e. The number of nitrogens with one attached hydrogen (secondary N) is 1. The number of aromatic hydroxyl groups is 1. The van der Waals surface area contributed by atoms with Gasteiger partial charge in [0.2, 0.25) is 0 Å². The van der Waals surface area contributed by atoms with Crippen molar-refractivity contribution in [3.05, 3.63) is 42.0 Å². The number of alkyl carbamates (subject to hydrolysis) is 1. The highest BCUT2D eigenvalue weighted by atomic mass is 16.6. The van der Waals surface area contributed by atoms with Crippen LogP contribution in [-0.4, -0.2) is 39.7 Å². The molecule has 0 aromatic heterocycles. The van der Waals surface area contributed by atoms with E-state index in [0.717, 1.165) is 10.8 Å². The minimum atomic E-state index is -1.19. The summed E-state index contributed by atoms with van der Waals surface area (Å²) in [5.74, 6) is 0.126. The predicted molar refractivity (Wildman–Crippen MR) is 90.8 cm³/mol. The van der Waals surface area contributed by atoms with Gasteiger partial charge in [-0.05, 0) is 55.3 Å². The Balaban J connectivity index is 2.02. The van der Waals surface area contributed by atoms with Crippen molar-refractivity contribution in [2.24, 2.45) is 0 Å². The molecule has 0 bridgehead atoms. The molecule has 2 rings (SSSR count). The zero-order valence-corrected chi connectivity index (χ0v) is 14.0. The van der Waals surface area contributed by atoms with E-state index in [1.165, 1.54) is 0 Å². The molecule has 4 N–H and O–H groups in total. The maximum atomic E-state index is 11.6. The molecule has 2 atom stereocenters. The second-order valence-corrected chi connectivity index (χ2v) is 6.69. The number of hydrogen-bond acceptors (Lipinski definition) is 5. The monoisotopic (exact) mass is 333 g/mol. The molecule has 0 heterocycles. The highest BCUT2D eigenvalue weighted by molar-refractivity contribution is 5.84. The van der Waals surface area contributed by atoms with E-state index in [0.29, 0.717) is 5.56 Å². The number of aliphatic hydroxyl groups excluding tert-OH is 2. The number of amides is 1. The Hall–Kier alpha value is -2.31. The lowest BCUT2D eigenvalue weighted by atomic mass is 10.00. The van der Waals surface area contributed by atoms with Crippen molar-refractivity contribution in [2.75, 3.05) is 6.54 Å². The first-order valence-electron chi connectivity index (χ1n) is 7.71. The van der Waals surface area contributed by atoms with Crippen molar-refractivity contribution in [1.82, 2.24) is 5.32 Å². The van der Waals surface area contributed by atoms with Crippen LogP contribution < -0.4 is 5.32 Å². The quantitative estimate of drug-likeness (QED) is 0.689. The van der Waals surface area contributed by atoms with E-state index in [4.69, 9.17) is 4.74 Å². The number of hydrogen-bond donors (Lipinski definition) is 4. The number of rotatable bonds is 4. The summed E-state index contributed by atoms with van der Waals surface area (Å²) in [5, 5.41) is 33.9. The van der Waals surface area contributed by atoms with Gasteiger partial charge in [-0.1, -0.05) is 18.2 Å². The summed E-state index contributed by atoms with van der Waals surface area (Å²) in [6, 6.07) is 10.1. The van der Waals surface area contributed by atoms with Gasteiger partial charge in [0.05, 0.1) is 0 Å². The van der Waals surface area contributed by atoms with Gasteiger partial charge in [0.15, 0.2) is 0 Å². The molecule has 0 saturated heterocycles. The molecule has 0 fully saturated rings. The number of fused-ring (bicyclic) bond motifs is 1. The second-order valence-electron chi connectivity index (χ2n) is 6.69. The second kappa shape index (κ2) is 7.07. The van der Waals surface area contributed by atoms with Gasteiger partial charge in [-0.15, -0.1) is 0 Å². The summed E-state index contributed by atoms with van der Waals surface area (Å²) in [6.07, 6.45) is -3.02. The maximum Gasteiger partial charge on any atom is 0.407 e. The van der Waals surface area contributed by atoms with Crippen LogP contribution in [0.25, 0.3) is 10.8 Å². The number of ether oxygens (including phenoxy) is 1. The van der Waals surface area contributed by atoms with Crippen molar-refractivity contribution in [1.29, 1.82) is 0 Å². The van der Waals surface area contributed by atoms with E-state index in [9.17, 15) is 20.1 Å². The fourth-order valence-corrected chi connectivity index (χ4v) is 2.27. The minimum absolute atomic E-state index is 0.126. The zero-order chi connectivity index (χ0) is 17.9. The molecule has 2 unspecified atom stereocenters. The number of carbonyl (C=O) groups excluding carboxylic acids is 1. The number of carbonyl (C=O) groups is 1. The number of phenolic OH excluding ortho intramolecular Hbond substituents is 1. The average molecular weight is 333 g/mol. The van der Waals surface area contributed by atoms with Crippen molar-refractivity contribution in [2.45, 2.75) is 38.6 Å². The fraction of sp³-hybridized carbons (Fsp3) is 0.389. The topological polar surface area (TPSA) is 99.0 Å². The molecular weight excluding hydrogens is 310 g/mol. The molecule has 0 aliphatic heterocycles. The van der Waals surface area contributed by atoms with Crippen molar-refractivity contribution >= 4 is 16.9 Å². The third-order valence-electron chi connectivity index (χ3n) is 3.41.